The van der Waals surface area contributed by atoms with E-state index in [4.69, 9.17) is 10.8 Å². The maximum Gasteiger partial charge on any atom is 0.337 e. The van der Waals surface area contributed by atoms with Gasteiger partial charge in [-0.15, -0.1) is 0 Å². The standard InChI is InChI=1S/C13H12N2O4S.Na/c14-9-5-7-10(8-6-9)20(18,19)15-12-4-2-1-3-11(12)13(16)17;/h1-8,15H,14H2,(H,16,17);. The molecular formula is C13H12N2NaO4S. The van der Waals surface area contributed by atoms with E-state index in [0.29, 0.717) is 5.69 Å². The molecule has 0 fully saturated rings. The Hall–Kier alpha value is -1.54. The first-order chi connectivity index (χ1) is 9.40. The van der Waals surface area contributed by atoms with Gasteiger partial charge in [0, 0.05) is 35.2 Å². The minimum Gasteiger partial charge on any atom is -0.478 e. The van der Waals surface area contributed by atoms with Crippen LogP contribution in [0.25, 0.3) is 0 Å². The number of hydrogen-bond donors (Lipinski definition) is 3. The second kappa shape index (κ2) is 6.95. The van der Waals surface area contributed by atoms with Crippen molar-refractivity contribution in [1.82, 2.24) is 0 Å². The van der Waals surface area contributed by atoms with Crippen LogP contribution < -0.4 is 10.5 Å². The van der Waals surface area contributed by atoms with Gasteiger partial charge < -0.3 is 10.8 Å². The zero-order chi connectivity index (χ0) is 14.8. The Kier molecular flexibility index (Phi) is 5.79. The van der Waals surface area contributed by atoms with Gasteiger partial charge in [0.2, 0.25) is 0 Å². The largest absolute Gasteiger partial charge is 0.478 e. The smallest absolute Gasteiger partial charge is 0.337 e. The molecule has 0 aliphatic rings. The van der Waals surface area contributed by atoms with E-state index >= 15 is 0 Å². The van der Waals surface area contributed by atoms with Crippen molar-refractivity contribution in [1.29, 1.82) is 0 Å². The van der Waals surface area contributed by atoms with Crippen molar-refractivity contribution < 1.29 is 18.3 Å². The number of para-hydroxylation sites is 1. The summed E-state index contributed by atoms with van der Waals surface area (Å²) in [7, 11) is -3.85. The average Bonchev–Trinajstić information content (AvgIpc) is 2.39. The van der Waals surface area contributed by atoms with Crippen LogP contribution in [-0.4, -0.2) is 49.1 Å². The number of nitrogens with one attached hydrogen (secondary N) is 1. The Bertz CT molecular complexity index is 745. The molecule has 2 aromatic carbocycles. The van der Waals surface area contributed by atoms with Crippen molar-refractivity contribution in [2.45, 2.75) is 4.90 Å². The van der Waals surface area contributed by atoms with Crippen LogP contribution in [0, 0.1) is 0 Å². The molecular weight excluding hydrogens is 303 g/mol. The fraction of sp³-hybridized carbons (Fsp3) is 0. The SMILES string of the molecule is Nc1ccc(S(=O)(=O)Nc2ccccc2C(=O)O)cc1.[Na]. The summed E-state index contributed by atoms with van der Waals surface area (Å²) in [4.78, 5) is 11.0. The summed E-state index contributed by atoms with van der Waals surface area (Å²) in [5, 5.41) is 9.02. The predicted molar refractivity (Wildman–Crippen MR) is 80.8 cm³/mol. The Morgan fingerprint density at radius 1 is 1.05 bits per heavy atom. The van der Waals surface area contributed by atoms with Crippen LogP contribution in [-0.2, 0) is 10.0 Å². The number of hydrogen-bond acceptors (Lipinski definition) is 4. The molecule has 0 heterocycles. The predicted octanol–water partition coefficient (Wildman–Crippen LogP) is 1.39. The molecule has 0 saturated carbocycles. The number of carboxylic acid groups (broad SMARTS) is 1. The summed E-state index contributed by atoms with van der Waals surface area (Å²) < 4.78 is 26.5. The topological polar surface area (TPSA) is 109 Å². The van der Waals surface area contributed by atoms with Gasteiger partial charge in [0.05, 0.1) is 16.1 Å². The van der Waals surface area contributed by atoms with Gasteiger partial charge in [0.15, 0.2) is 0 Å². The third-order valence-corrected chi connectivity index (χ3v) is 3.97. The van der Waals surface area contributed by atoms with E-state index in [0.717, 1.165) is 0 Å². The molecule has 105 valence electrons. The maximum atomic E-state index is 12.1. The third-order valence-electron chi connectivity index (χ3n) is 2.59. The van der Waals surface area contributed by atoms with Crippen LogP contribution in [0.5, 0.6) is 0 Å². The molecule has 4 N–H and O–H groups in total. The van der Waals surface area contributed by atoms with Crippen molar-refractivity contribution >= 4 is 56.9 Å². The van der Waals surface area contributed by atoms with Crippen molar-refractivity contribution in [3.05, 3.63) is 54.1 Å². The Morgan fingerprint density at radius 2 is 1.62 bits per heavy atom. The van der Waals surface area contributed by atoms with E-state index in [9.17, 15) is 13.2 Å². The van der Waals surface area contributed by atoms with Crippen molar-refractivity contribution in [3.63, 3.8) is 0 Å². The second-order valence-electron chi connectivity index (χ2n) is 4.03. The summed E-state index contributed by atoms with van der Waals surface area (Å²) in [5.74, 6) is -1.21. The number of carboxylic acids is 1. The van der Waals surface area contributed by atoms with Crippen LogP contribution >= 0.6 is 0 Å². The third kappa shape index (κ3) is 4.21. The molecule has 0 amide bonds. The van der Waals surface area contributed by atoms with Gasteiger partial charge in [-0.2, -0.15) is 0 Å². The van der Waals surface area contributed by atoms with Crippen LogP contribution in [0.1, 0.15) is 10.4 Å². The number of nitrogens with two attached hydrogens (primary N) is 1. The summed E-state index contributed by atoms with van der Waals surface area (Å²) in [5.41, 5.74) is 5.83. The molecule has 2 rings (SSSR count). The van der Waals surface area contributed by atoms with Crippen LogP contribution in [0.3, 0.4) is 0 Å². The summed E-state index contributed by atoms with van der Waals surface area (Å²) in [6.45, 7) is 0. The van der Waals surface area contributed by atoms with Crippen LogP contribution in [0.15, 0.2) is 53.4 Å². The summed E-state index contributed by atoms with van der Waals surface area (Å²) >= 11 is 0. The summed E-state index contributed by atoms with van der Waals surface area (Å²) in [6, 6.07) is 11.4. The zero-order valence-corrected chi connectivity index (χ0v) is 14.1. The molecule has 0 spiro atoms. The molecule has 21 heavy (non-hydrogen) atoms. The number of carbonyl (C=O) groups is 1. The van der Waals surface area contributed by atoms with Crippen LogP contribution in [0.4, 0.5) is 11.4 Å². The first-order valence-corrected chi connectivity index (χ1v) is 7.09. The molecule has 0 aromatic heterocycles. The molecule has 2 aromatic rings. The van der Waals surface area contributed by atoms with Crippen molar-refractivity contribution in [2.75, 3.05) is 10.5 Å². The Labute approximate surface area is 144 Å². The van der Waals surface area contributed by atoms with E-state index in [1.807, 2.05) is 0 Å². The van der Waals surface area contributed by atoms with E-state index in [1.165, 1.54) is 42.5 Å². The molecule has 0 bridgehead atoms. The van der Waals surface area contributed by atoms with Gasteiger partial charge in [-0.25, -0.2) is 13.2 Å². The van der Waals surface area contributed by atoms with Crippen molar-refractivity contribution in [2.24, 2.45) is 0 Å². The van der Waals surface area contributed by atoms with Crippen molar-refractivity contribution in [3.8, 4) is 0 Å². The molecule has 0 unspecified atom stereocenters. The molecule has 0 atom stereocenters. The quantitative estimate of drug-likeness (QED) is 0.583. The molecule has 1 radical (unpaired) electrons. The number of sulfonamides is 1. The van der Waals surface area contributed by atoms with Gasteiger partial charge in [-0.1, -0.05) is 12.1 Å². The monoisotopic (exact) mass is 315 g/mol. The van der Waals surface area contributed by atoms with Gasteiger partial charge in [0.25, 0.3) is 10.0 Å². The fourth-order valence-corrected chi connectivity index (χ4v) is 2.69. The van der Waals surface area contributed by atoms with E-state index in [1.54, 1.807) is 6.07 Å². The molecule has 8 heteroatoms. The Balaban J connectivity index is 0.00000220. The first-order valence-electron chi connectivity index (χ1n) is 5.61. The maximum absolute atomic E-state index is 12.1. The van der Waals surface area contributed by atoms with E-state index in [2.05, 4.69) is 4.72 Å². The van der Waals surface area contributed by atoms with E-state index < -0.39 is 16.0 Å². The number of anilines is 2. The van der Waals surface area contributed by atoms with Gasteiger partial charge in [0.1, 0.15) is 0 Å². The number of rotatable bonds is 4. The minimum absolute atomic E-state index is 0. The molecule has 0 aliphatic carbocycles. The van der Waals surface area contributed by atoms with Gasteiger partial charge in [-0.3, -0.25) is 4.72 Å². The molecule has 0 saturated heterocycles. The van der Waals surface area contributed by atoms with Crippen LogP contribution in [0.2, 0.25) is 0 Å². The van der Waals surface area contributed by atoms with Gasteiger partial charge >= 0.3 is 5.97 Å². The number of aromatic carboxylic acids is 1. The molecule has 0 aliphatic heterocycles. The summed E-state index contributed by atoms with van der Waals surface area (Å²) in [6.07, 6.45) is 0. The van der Waals surface area contributed by atoms with E-state index in [-0.39, 0.29) is 45.7 Å². The molecule has 6 nitrogen and oxygen atoms in total. The second-order valence-corrected chi connectivity index (χ2v) is 5.71. The van der Waals surface area contributed by atoms with Gasteiger partial charge in [-0.05, 0) is 36.4 Å². The normalized spacial score (nSPS) is 10.5. The number of benzene rings is 2. The Morgan fingerprint density at radius 3 is 2.19 bits per heavy atom. The minimum atomic E-state index is -3.85. The zero-order valence-electron chi connectivity index (χ0n) is 11.3. The fourth-order valence-electron chi connectivity index (χ4n) is 1.61. The average molecular weight is 315 g/mol. The number of nitrogen functional groups attached to an aromatic ring is 1. The first kappa shape index (κ1) is 17.5.